The van der Waals surface area contributed by atoms with Crippen molar-refractivity contribution in [2.75, 3.05) is 45.1 Å². The fraction of sp³-hybridized carbons (Fsp3) is 0.615. The maximum absolute atomic E-state index is 12.1. The molecule has 2 rings (SSSR count). The lowest BCUT2D eigenvalue weighted by atomic mass is 10.3. The van der Waals surface area contributed by atoms with Crippen molar-refractivity contribution in [3.63, 3.8) is 0 Å². The third-order valence-corrected chi connectivity index (χ3v) is 4.05. The first-order valence-electron chi connectivity index (χ1n) is 6.94. The topological polar surface area (TPSA) is 67.4 Å². The molecule has 8 heteroatoms. The number of amides is 1. The molecular formula is C13H19ClN4O2S. The van der Waals surface area contributed by atoms with E-state index in [1.165, 1.54) is 18.0 Å². The molecule has 1 fully saturated rings. The number of morpholine rings is 1. The SMILES string of the molecule is CCSc1ncc(Cl)c(C(=O)NCCN2CCOCC2)n1. The summed E-state index contributed by atoms with van der Waals surface area (Å²) in [5.74, 6) is 0.591. The van der Waals surface area contributed by atoms with Crippen LogP contribution in [0.1, 0.15) is 17.4 Å². The van der Waals surface area contributed by atoms with E-state index in [0.29, 0.717) is 11.7 Å². The van der Waals surface area contributed by atoms with Gasteiger partial charge in [-0.1, -0.05) is 30.3 Å². The molecule has 1 amide bonds. The summed E-state index contributed by atoms with van der Waals surface area (Å²) in [6, 6.07) is 0. The van der Waals surface area contributed by atoms with Crippen LogP contribution in [0.4, 0.5) is 0 Å². The van der Waals surface area contributed by atoms with Crippen LogP contribution < -0.4 is 5.32 Å². The van der Waals surface area contributed by atoms with Crippen LogP contribution in [0.15, 0.2) is 11.4 Å². The number of halogens is 1. The average molecular weight is 331 g/mol. The zero-order valence-corrected chi connectivity index (χ0v) is 13.5. The Bertz CT molecular complexity index is 483. The molecule has 1 saturated heterocycles. The van der Waals surface area contributed by atoms with Gasteiger partial charge >= 0.3 is 0 Å². The van der Waals surface area contributed by atoms with Crippen LogP contribution in [-0.2, 0) is 4.74 Å². The van der Waals surface area contributed by atoms with Crippen molar-refractivity contribution in [1.82, 2.24) is 20.2 Å². The van der Waals surface area contributed by atoms with Gasteiger partial charge in [0.25, 0.3) is 5.91 Å². The summed E-state index contributed by atoms with van der Waals surface area (Å²) in [4.78, 5) is 22.7. The van der Waals surface area contributed by atoms with E-state index in [4.69, 9.17) is 16.3 Å². The molecular weight excluding hydrogens is 312 g/mol. The summed E-state index contributed by atoms with van der Waals surface area (Å²) in [6.45, 7) is 6.68. The monoisotopic (exact) mass is 330 g/mol. The molecule has 0 aromatic carbocycles. The van der Waals surface area contributed by atoms with Crippen LogP contribution >= 0.6 is 23.4 Å². The minimum Gasteiger partial charge on any atom is -0.379 e. The number of nitrogens with zero attached hydrogens (tertiary/aromatic N) is 3. The number of hydrogen-bond acceptors (Lipinski definition) is 6. The summed E-state index contributed by atoms with van der Waals surface area (Å²) >= 11 is 7.48. The molecule has 21 heavy (non-hydrogen) atoms. The minimum atomic E-state index is -0.256. The molecule has 0 atom stereocenters. The Labute approximate surface area is 133 Å². The van der Waals surface area contributed by atoms with Crippen LogP contribution in [0.5, 0.6) is 0 Å². The Morgan fingerprint density at radius 3 is 3.00 bits per heavy atom. The molecule has 0 aliphatic carbocycles. The maximum atomic E-state index is 12.1. The quantitative estimate of drug-likeness (QED) is 0.626. The number of rotatable bonds is 6. The number of ether oxygens (including phenoxy) is 1. The second-order valence-electron chi connectivity index (χ2n) is 4.49. The fourth-order valence-corrected chi connectivity index (χ4v) is 2.66. The number of carbonyl (C=O) groups is 1. The van der Waals surface area contributed by atoms with E-state index in [2.05, 4.69) is 20.2 Å². The van der Waals surface area contributed by atoms with Gasteiger partial charge in [-0.25, -0.2) is 9.97 Å². The van der Waals surface area contributed by atoms with Gasteiger partial charge < -0.3 is 10.1 Å². The van der Waals surface area contributed by atoms with Gasteiger partial charge in [0, 0.05) is 26.2 Å². The fourth-order valence-electron chi connectivity index (χ4n) is 1.94. The molecule has 0 unspecified atom stereocenters. The zero-order valence-electron chi connectivity index (χ0n) is 12.0. The summed E-state index contributed by atoms with van der Waals surface area (Å²) in [6.07, 6.45) is 1.48. The molecule has 1 N–H and O–H groups in total. The predicted molar refractivity (Wildman–Crippen MR) is 83.0 cm³/mol. The second kappa shape index (κ2) is 8.53. The first-order valence-corrected chi connectivity index (χ1v) is 8.30. The highest BCUT2D eigenvalue weighted by atomic mass is 35.5. The maximum Gasteiger partial charge on any atom is 0.271 e. The van der Waals surface area contributed by atoms with Gasteiger partial charge in [0.15, 0.2) is 10.9 Å². The van der Waals surface area contributed by atoms with Crippen molar-refractivity contribution >= 4 is 29.3 Å². The van der Waals surface area contributed by atoms with Crippen molar-refractivity contribution in [3.05, 3.63) is 16.9 Å². The van der Waals surface area contributed by atoms with E-state index in [-0.39, 0.29) is 16.6 Å². The Kier molecular flexibility index (Phi) is 6.69. The van der Waals surface area contributed by atoms with Gasteiger partial charge in [-0.2, -0.15) is 0 Å². The molecule has 0 saturated carbocycles. The van der Waals surface area contributed by atoms with Gasteiger partial charge in [0.1, 0.15) is 0 Å². The highest BCUT2D eigenvalue weighted by molar-refractivity contribution is 7.99. The number of hydrogen-bond donors (Lipinski definition) is 1. The van der Waals surface area contributed by atoms with E-state index < -0.39 is 0 Å². The number of nitrogens with one attached hydrogen (secondary N) is 1. The Balaban J connectivity index is 1.85. The van der Waals surface area contributed by atoms with Gasteiger partial charge in [0.2, 0.25) is 0 Å². The van der Waals surface area contributed by atoms with E-state index in [0.717, 1.165) is 38.6 Å². The highest BCUT2D eigenvalue weighted by Gasteiger charge is 2.15. The van der Waals surface area contributed by atoms with Gasteiger partial charge in [-0.3, -0.25) is 9.69 Å². The van der Waals surface area contributed by atoms with Crippen molar-refractivity contribution in [2.24, 2.45) is 0 Å². The van der Waals surface area contributed by atoms with Gasteiger partial charge in [-0.05, 0) is 5.75 Å². The predicted octanol–water partition coefficient (Wildman–Crippen LogP) is 1.30. The van der Waals surface area contributed by atoms with Crippen molar-refractivity contribution < 1.29 is 9.53 Å². The Morgan fingerprint density at radius 2 is 2.29 bits per heavy atom. The highest BCUT2D eigenvalue weighted by Crippen LogP contribution is 2.17. The Hall–Kier alpha value is -0.890. The van der Waals surface area contributed by atoms with Crippen molar-refractivity contribution in [1.29, 1.82) is 0 Å². The smallest absolute Gasteiger partial charge is 0.271 e. The van der Waals surface area contributed by atoms with Crippen molar-refractivity contribution in [3.8, 4) is 0 Å². The molecule has 6 nitrogen and oxygen atoms in total. The molecule has 1 aromatic heterocycles. The molecule has 1 aromatic rings. The normalized spacial score (nSPS) is 15.9. The lowest BCUT2D eigenvalue weighted by Crippen LogP contribution is -2.41. The Morgan fingerprint density at radius 1 is 1.52 bits per heavy atom. The van der Waals surface area contributed by atoms with Crippen LogP contribution in [0.3, 0.4) is 0 Å². The van der Waals surface area contributed by atoms with Crippen molar-refractivity contribution in [2.45, 2.75) is 12.1 Å². The summed E-state index contributed by atoms with van der Waals surface area (Å²) in [5, 5.41) is 3.70. The summed E-state index contributed by atoms with van der Waals surface area (Å²) in [7, 11) is 0. The minimum absolute atomic E-state index is 0.240. The second-order valence-corrected chi connectivity index (χ2v) is 6.13. The third-order valence-electron chi connectivity index (χ3n) is 3.03. The third kappa shape index (κ3) is 5.10. The standard InChI is InChI=1S/C13H19ClN4O2S/c1-2-21-13-16-9-10(14)11(17-13)12(19)15-3-4-18-5-7-20-8-6-18/h9H,2-8H2,1H3,(H,15,19). The van der Waals surface area contributed by atoms with Crippen LogP contribution in [0.25, 0.3) is 0 Å². The molecule has 116 valence electrons. The van der Waals surface area contributed by atoms with Gasteiger partial charge in [0.05, 0.1) is 24.4 Å². The zero-order chi connectivity index (χ0) is 15.1. The van der Waals surface area contributed by atoms with Crippen LogP contribution in [0, 0.1) is 0 Å². The number of thioether (sulfide) groups is 1. The van der Waals surface area contributed by atoms with E-state index >= 15 is 0 Å². The average Bonchev–Trinajstić information content (AvgIpc) is 2.50. The van der Waals surface area contributed by atoms with E-state index in [1.54, 1.807) is 0 Å². The number of aromatic nitrogens is 2. The lowest BCUT2D eigenvalue weighted by Gasteiger charge is -2.26. The summed E-state index contributed by atoms with van der Waals surface area (Å²) in [5.41, 5.74) is 0.240. The van der Waals surface area contributed by atoms with Gasteiger partial charge in [-0.15, -0.1) is 0 Å². The van der Waals surface area contributed by atoms with Crippen LogP contribution in [0.2, 0.25) is 5.02 Å². The van der Waals surface area contributed by atoms with E-state index in [9.17, 15) is 4.79 Å². The number of carbonyl (C=O) groups excluding carboxylic acids is 1. The van der Waals surface area contributed by atoms with Crippen LogP contribution in [-0.4, -0.2) is 65.9 Å². The molecule has 1 aliphatic heterocycles. The molecule has 0 radical (unpaired) electrons. The first-order chi connectivity index (χ1) is 10.2. The summed E-state index contributed by atoms with van der Waals surface area (Å²) < 4.78 is 5.28. The largest absolute Gasteiger partial charge is 0.379 e. The van der Waals surface area contributed by atoms with E-state index in [1.807, 2.05) is 6.92 Å². The first kappa shape index (κ1) is 16.5. The molecule has 1 aliphatic rings. The molecule has 0 spiro atoms. The molecule has 2 heterocycles. The molecule has 0 bridgehead atoms. The lowest BCUT2D eigenvalue weighted by molar-refractivity contribution is 0.0383.